The summed E-state index contributed by atoms with van der Waals surface area (Å²) in [6.07, 6.45) is 0.269. The number of anilines is 1. The molecule has 7 heteroatoms. The molecule has 184 valence electrons. The highest BCUT2D eigenvalue weighted by Gasteiger charge is 2.17. The number of para-hydroxylation sites is 1. The zero-order valence-electron chi connectivity index (χ0n) is 20.5. The summed E-state index contributed by atoms with van der Waals surface area (Å²) >= 11 is 0. The topological polar surface area (TPSA) is 97.6 Å². The Morgan fingerprint density at radius 3 is 2.47 bits per heavy atom. The quantitative estimate of drug-likeness (QED) is 0.336. The Morgan fingerprint density at radius 2 is 1.72 bits per heavy atom. The first-order valence-corrected chi connectivity index (χ1v) is 11.7. The molecule has 0 spiro atoms. The summed E-state index contributed by atoms with van der Waals surface area (Å²) in [5.41, 5.74) is 2.94. The number of hydrogen-bond donors (Lipinski definition) is 2. The minimum atomic E-state index is -0.476. The summed E-state index contributed by atoms with van der Waals surface area (Å²) in [6.45, 7) is 3.74. The van der Waals surface area contributed by atoms with Gasteiger partial charge in [0.05, 0.1) is 24.4 Å². The highest BCUT2D eigenvalue weighted by molar-refractivity contribution is 6.03. The van der Waals surface area contributed by atoms with Crippen LogP contribution in [0, 0.1) is 6.92 Å². The highest BCUT2D eigenvalue weighted by Crippen LogP contribution is 2.25. The van der Waals surface area contributed by atoms with Crippen LogP contribution in [0.15, 0.2) is 82.0 Å². The molecule has 0 saturated heterocycles. The highest BCUT2D eigenvalue weighted by atomic mass is 16.5. The molecule has 36 heavy (non-hydrogen) atoms. The molecule has 1 unspecified atom stereocenters. The van der Waals surface area contributed by atoms with Crippen molar-refractivity contribution in [1.29, 1.82) is 0 Å². The number of carbonyl (C=O) groups excluding carboxylic acids is 2. The lowest BCUT2D eigenvalue weighted by atomic mass is 10.0. The maximum Gasteiger partial charge on any atom is 0.339 e. The third-order valence-corrected chi connectivity index (χ3v) is 6.19. The van der Waals surface area contributed by atoms with E-state index >= 15 is 0 Å². The van der Waals surface area contributed by atoms with Crippen LogP contribution in [0.4, 0.5) is 5.69 Å². The SMILES string of the molecule is COc1ccc2c(C)c(CCC(=O)Nc3ccccc3C(=O)NC(C)c3ccccc3)c(=O)oc2c1. The van der Waals surface area contributed by atoms with Crippen molar-refractivity contribution in [3.63, 3.8) is 0 Å². The molecule has 4 rings (SSSR count). The first kappa shape index (κ1) is 24.7. The van der Waals surface area contributed by atoms with E-state index in [4.69, 9.17) is 9.15 Å². The molecule has 7 nitrogen and oxygen atoms in total. The Hall–Kier alpha value is -4.39. The van der Waals surface area contributed by atoms with Gasteiger partial charge in [-0.2, -0.15) is 0 Å². The minimum absolute atomic E-state index is 0.0592. The van der Waals surface area contributed by atoms with Crippen LogP contribution in [0.2, 0.25) is 0 Å². The zero-order chi connectivity index (χ0) is 25.7. The molecule has 1 aromatic heterocycles. The van der Waals surface area contributed by atoms with Crippen molar-refractivity contribution in [2.45, 2.75) is 32.7 Å². The number of aryl methyl sites for hydroxylation is 1. The monoisotopic (exact) mass is 484 g/mol. The number of ether oxygens (including phenoxy) is 1. The van der Waals surface area contributed by atoms with E-state index in [1.54, 1.807) is 43.5 Å². The Morgan fingerprint density at radius 1 is 1.00 bits per heavy atom. The second-order valence-corrected chi connectivity index (χ2v) is 8.55. The molecule has 3 aromatic carbocycles. The third kappa shape index (κ3) is 5.46. The molecule has 0 aliphatic heterocycles. The largest absolute Gasteiger partial charge is 0.497 e. The molecule has 0 saturated carbocycles. The summed E-state index contributed by atoms with van der Waals surface area (Å²) in [5.74, 6) is 0.00160. The summed E-state index contributed by atoms with van der Waals surface area (Å²) < 4.78 is 10.7. The molecule has 2 amide bonds. The van der Waals surface area contributed by atoms with E-state index in [0.717, 1.165) is 16.5 Å². The number of hydrogen-bond acceptors (Lipinski definition) is 5. The van der Waals surface area contributed by atoms with Crippen molar-refractivity contribution in [1.82, 2.24) is 5.32 Å². The van der Waals surface area contributed by atoms with Gasteiger partial charge in [-0.25, -0.2) is 4.79 Å². The van der Waals surface area contributed by atoms with Gasteiger partial charge in [0.1, 0.15) is 11.3 Å². The first-order valence-electron chi connectivity index (χ1n) is 11.7. The van der Waals surface area contributed by atoms with Crippen LogP contribution in [-0.4, -0.2) is 18.9 Å². The minimum Gasteiger partial charge on any atom is -0.497 e. The fraction of sp³-hybridized carbons (Fsp3) is 0.207. The van der Waals surface area contributed by atoms with Gasteiger partial charge in [-0.05, 0) is 55.7 Å². The molecule has 0 aliphatic rings. The zero-order valence-corrected chi connectivity index (χ0v) is 20.5. The van der Waals surface area contributed by atoms with Crippen LogP contribution < -0.4 is 21.0 Å². The molecular weight excluding hydrogens is 456 g/mol. The van der Waals surface area contributed by atoms with Crippen LogP contribution in [-0.2, 0) is 11.2 Å². The van der Waals surface area contributed by atoms with Gasteiger partial charge in [0.15, 0.2) is 0 Å². The molecule has 0 bridgehead atoms. The Labute approximate surface area is 209 Å². The van der Waals surface area contributed by atoms with Gasteiger partial charge in [0, 0.05) is 23.4 Å². The molecule has 1 heterocycles. The Kier molecular flexibility index (Phi) is 7.49. The average molecular weight is 485 g/mol. The predicted molar refractivity (Wildman–Crippen MR) is 139 cm³/mol. The second kappa shape index (κ2) is 10.9. The molecular formula is C29H28N2O5. The third-order valence-electron chi connectivity index (χ3n) is 6.19. The number of nitrogens with one attached hydrogen (secondary N) is 2. The van der Waals surface area contributed by atoms with Crippen LogP contribution >= 0.6 is 0 Å². The summed E-state index contributed by atoms with van der Waals surface area (Å²) in [7, 11) is 1.55. The lowest BCUT2D eigenvalue weighted by molar-refractivity contribution is -0.116. The van der Waals surface area contributed by atoms with Gasteiger partial charge in [-0.1, -0.05) is 42.5 Å². The number of carbonyl (C=O) groups is 2. The molecule has 0 aliphatic carbocycles. The van der Waals surface area contributed by atoms with Gasteiger partial charge in [0.25, 0.3) is 5.91 Å². The number of amides is 2. The van der Waals surface area contributed by atoms with E-state index in [1.165, 1.54) is 0 Å². The van der Waals surface area contributed by atoms with Crippen LogP contribution in [0.1, 0.15) is 46.4 Å². The van der Waals surface area contributed by atoms with Crippen LogP contribution in [0.5, 0.6) is 5.75 Å². The normalized spacial score (nSPS) is 11.6. The van der Waals surface area contributed by atoms with Gasteiger partial charge in [-0.15, -0.1) is 0 Å². The van der Waals surface area contributed by atoms with Crippen molar-refractivity contribution >= 4 is 28.5 Å². The van der Waals surface area contributed by atoms with Crippen molar-refractivity contribution < 1.29 is 18.7 Å². The fourth-order valence-electron chi connectivity index (χ4n) is 4.13. The van der Waals surface area contributed by atoms with E-state index < -0.39 is 5.63 Å². The van der Waals surface area contributed by atoms with Gasteiger partial charge in [-0.3, -0.25) is 9.59 Å². The molecule has 4 aromatic rings. The lowest BCUT2D eigenvalue weighted by Crippen LogP contribution is -2.28. The average Bonchev–Trinajstić information content (AvgIpc) is 2.88. The summed E-state index contributed by atoms with van der Waals surface area (Å²) in [6, 6.07) is 21.6. The molecule has 1 atom stereocenters. The van der Waals surface area contributed by atoms with Gasteiger partial charge >= 0.3 is 5.63 Å². The van der Waals surface area contributed by atoms with Crippen molar-refractivity contribution in [3.05, 3.63) is 105 Å². The second-order valence-electron chi connectivity index (χ2n) is 8.55. The number of methoxy groups -OCH3 is 1. The van der Waals surface area contributed by atoms with Gasteiger partial charge in [0.2, 0.25) is 5.91 Å². The van der Waals surface area contributed by atoms with Crippen molar-refractivity contribution in [2.24, 2.45) is 0 Å². The molecule has 2 N–H and O–H groups in total. The smallest absolute Gasteiger partial charge is 0.339 e. The maximum atomic E-state index is 12.9. The van der Waals surface area contributed by atoms with E-state index in [1.807, 2.05) is 50.2 Å². The first-order chi connectivity index (χ1) is 17.4. The Bertz CT molecular complexity index is 1460. The van der Waals surface area contributed by atoms with Crippen LogP contribution in [0.25, 0.3) is 11.0 Å². The standard InChI is InChI=1S/C29H28N2O5/c1-18-22-14-13-21(35-3)17-26(22)36-29(34)23(18)15-16-27(32)31-25-12-8-7-11-24(25)28(33)30-19(2)20-9-5-4-6-10-20/h4-14,17,19H,15-16H2,1-3H3,(H,30,33)(H,31,32). The molecule has 0 fully saturated rings. The predicted octanol–water partition coefficient (Wildman–Crippen LogP) is 5.17. The Balaban J connectivity index is 1.45. The van der Waals surface area contributed by atoms with Gasteiger partial charge < -0.3 is 19.8 Å². The summed E-state index contributed by atoms with van der Waals surface area (Å²) in [4.78, 5) is 38.3. The van der Waals surface area contributed by atoms with Crippen molar-refractivity contribution in [3.8, 4) is 5.75 Å². The van der Waals surface area contributed by atoms with E-state index in [-0.39, 0.29) is 30.7 Å². The number of rotatable bonds is 8. The van der Waals surface area contributed by atoms with E-state index in [9.17, 15) is 14.4 Å². The number of benzene rings is 3. The fourth-order valence-corrected chi connectivity index (χ4v) is 4.13. The summed E-state index contributed by atoms with van der Waals surface area (Å²) in [5, 5.41) is 6.58. The van der Waals surface area contributed by atoms with Crippen molar-refractivity contribution in [2.75, 3.05) is 12.4 Å². The van der Waals surface area contributed by atoms with E-state index in [0.29, 0.717) is 28.1 Å². The van der Waals surface area contributed by atoms with E-state index in [2.05, 4.69) is 10.6 Å². The molecule has 0 radical (unpaired) electrons. The van der Waals surface area contributed by atoms with Crippen LogP contribution in [0.3, 0.4) is 0 Å². The number of fused-ring (bicyclic) bond motifs is 1. The lowest BCUT2D eigenvalue weighted by Gasteiger charge is -2.16. The maximum absolute atomic E-state index is 12.9.